The largest absolute Gasteiger partial charge is 0.493 e. The Balaban J connectivity index is 1.83. The summed E-state index contributed by atoms with van der Waals surface area (Å²) in [4.78, 5) is 4.59. The molecule has 1 aliphatic heterocycles. The van der Waals surface area contributed by atoms with Crippen molar-refractivity contribution in [2.45, 2.75) is 43.4 Å². The molecule has 0 amide bonds. The van der Waals surface area contributed by atoms with Crippen molar-refractivity contribution >= 4 is 6.21 Å². The van der Waals surface area contributed by atoms with Crippen LogP contribution in [0.3, 0.4) is 0 Å². The Bertz CT molecular complexity index is 813. The Morgan fingerprint density at radius 3 is 2.77 bits per heavy atom. The van der Waals surface area contributed by atoms with Crippen molar-refractivity contribution < 1.29 is 27.9 Å². The minimum Gasteiger partial charge on any atom is -0.493 e. The zero-order valence-electron chi connectivity index (χ0n) is 13.9. The fourth-order valence-electron chi connectivity index (χ4n) is 3.95. The van der Waals surface area contributed by atoms with Crippen LogP contribution < -0.4 is 9.47 Å². The maximum Gasteiger partial charge on any atom is 0.387 e. The highest BCUT2D eigenvalue weighted by Gasteiger charge is 2.45. The molecule has 7 nitrogen and oxygen atoms in total. The Hall–Kier alpha value is -2.55. The number of alkyl halides is 2. The lowest BCUT2D eigenvalue weighted by Crippen LogP contribution is -2.39. The molecule has 4 rings (SSSR count). The summed E-state index contributed by atoms with van der Waals surface area (Å²) in [6.45, 7) is -2.97. The molecule has 1 aliphatic carbocycles. The fourth-order valence-corrected chi connectivity index (χ4v) is 3.95. The lowest BCUT2D eigenvalue weighted by molar-refractivity contribution is -0.0513. The number of aliphatic hydroxyl groups excluding tert-OH is 1. The Morgan fingerprint density at radius 1 is 1.23 bits per heavy atom. The normalized spacial score (nSPS) is 27.1. The molecule has 2 heterocycles. The monoisotopic (exact) mass is 365 g/mol. The third-order valence-electron chi connectivity index (χ3n) is 5.03. The number of fused-ring (bicyclic) bond motifs is 3. The van der Waals surface area contributed by atoms with Gasteiger partial charge in [-0.05, 0) is 36.1 Å². The second-order valence-electron chi connectivity index (χ2n) is 6.37. The van der Waals surface area contributed by atoms with Gasteiger partial charge in [-0.1, -0.05) is 0 Å². The molecule has 0 spiro atoms. The maximum absolute atomic E-state index is 12.8. The predicted octanol–water partition coefficient (Wildman–Crippen LogP) is 2.50. The summed E-state index contributed by atoms with van der Waals surface area (Å²) >= 11 is 0. The van der Waals surface area contributed by atoms with Gasteiger partial charge < -0.3 is 19.1 Å². The van der Waals surface area contributed by atoms with Crippen molar-refractivity contribution in [3.8, 4) is 11.5 Å². The van der Waals surface area contributed by atoms with Gasteiger partial charge in [-0.3, -0.25) is 4.99 Å². The molecule has 9 heteroatoms. The second kappa shape index (κ2) is 6.64. The molecule has 138 valence electrons. The van der Waals surface area contributed by atoms with E-state index in [0.29, 0.717) is 18.6 Å². The number of hydrogen-bond donors (Lipinski definition) is 1. The van der Waals surface area contributed by atoms with Gasteiger partial charge >= 0.3 is 6.61 Å². The molecule has 0 bridgehead atoms. The van der Waals surface area contributed by atoms with Crippen molar-refractivity contribution in [2.75, 3.05) is 7.11 Å². The van der Waals surface area contributed by atoms with Gasteiger partial charge in [-0.2, -0.15) is 8.78 Å². The quantitative estimate of drug-likeness (QED) is 0.895. The van der Waals surface area contributed by atoms with E-state index in [-0.39, 0.29) is 23.5 Å². The topological polar surface area (TPSA) is 90.0 Å². The summed E-state index contributed by atoms with van der Waals surface area (Å²) in [5.41, 5.74) is 1.48. The third kappa shape index (κ3) is 2.82. The van der Waals surface area contributed by atoms with Crippen LogP contribution in [0.15, 0.2) is 27.8 Å². The summed E-state index contributed by atoms with van der Waals surface area (Å²) in [6.07, 6.45) is 3.73. The average molecular weight is 365 g/mol. The first kappa shape index (κ1) is 16.9. The SMILES string of the molecule is COc1cc2c(cc1OC(F)F)C1C(CCC(O)C1c1cnno1)N=C2. The number of ether oxygens (including phenoxy) is 2. The lowest BCUT2D eigenvalue weighted by Gasteiger charge is -2.40. The van der Waals surface area contributed by atoms with E-state index in [1.54, 1.807) is 12.3 Å². The van der Waals surface area contributed by atoms with Gasteiger partial charge in [0.1, 0.15) is 0 Å². The summed E-state index contributed by atoms with van der Waals surface area (Å²) < 4.78 is 40.6. The van der Waals surface area contributed by atoms with Crippen LogP contribution in [0.4, 0.5) is 8.78 Å². The molecule has 1 aromatic carbocycles. The zero-order chi connectivity index (χ0) is 18.3. The molecule has 26 heavy (non-hydrogen) atoms. The summed E-state index contributed by atoms with van der Waals surface area (Å²) in [7, 11) is 1.39. The van der Waals surface area contributed by atoms with Crippen LogP contribution in [0, 0.1) is 0 Å². The zero-order valence-corrected chi connectivity index (χ0v) is 13.9. The number of nitrogens with zero attached hydrogens (tertiary/aromatic N) is 3. The van der Waals surface area contributed by atoms with Crippen molar-refractivity contribution in [1.82, 2.24) is 10.4 Å². The van der Waals surface area contributed by atoms with Crippen LogP contribution in [0.2, 0.25) is 0 Å². The van der Waals surface area contributed by atoms with Gasteiger partial charge in [0, 0.05) is 17.4 Å². The van der Waals surface area contributed by atoms with Crippen LogP contribution in [0.25, 0.3) is 0 Å². The summed E-state index contributed by atoms with van der Waals surface area (Å²) in [5.74, 6) is -0.0948. The Labute approximate surface area is 147 Å². The standard InChI is InChI=1S/C17H17F2N3O4/c1-24-12-4-8-6-20-10-2-3-11(23)16(14-7-21-22-26-14)15(10)9(8)5-13(12)25-17(18)19/h4-7,10-11,15-17,23H,2-3H2,1H3. The smallest absolute Gasteiger partial charge is 0.387 e. The van der Waals surface area contributed by atoms with E-state index in [1.807, 2.05) is 0 Å². The number of aliphatic imine (C=N–C) groups is 1. The van der Waals surface area contributed by atoms with E-state index in [1.165, 1.54) is 19.4 Å². The predicted molar refractivity (Wildman–Crippen MR) is 86.0 cm³/mol. The number of rotatable bonds is 4. The molecule has 4 unspecified atom stereocenters. The average Bonchev–Trinajstić information content (AvgIpc) is 3.14. The number of hydrogen-bond acceptors (Lipinski definition) is 7. The molecule has 2 aromatic rings. The first-order valence-electron chi connectivity index (χ1n) is 8.23. The molecule has 1 N–H and O–H groups in total. The van der Waals surface area contributed by atoms with Gasteiger partial charge in [0.15, 0.2) is 17.3 Å². The number of benzene rings is 1. The third-order valence-corrected chi connectivity index (χ3v) is 5.03. The van der Waals surface area contributed by atoms with Gasteiger partial charge in [-0.15, -0.1) is 5.10 Å². The summed E-state index contributed by atoms with van der Waals surface area (Å²) in [5, 5.41) is 17.8. The molecule has 1 saturated carbocycles. The van der Waals surface area contributed by atoms with Crippen LogP contribution >= 0.6 is 0 Å². The van der Waals surface area contributed by atoms with E-state index in [9.17, 15) is 13.9 Å². The van der Waals surface area contributed by atoms with Gasteiger partial charge in [-0.25, -0.2) is 0 Å². The fraction of sp³-hybridized carbons (Fsp3) is 0.471. The highest BCUT2D eigenvalue weighted by molar-refractivity contribution is 5.85. The van der Waals surface area contributed by atoms with E-state index in [2.05, 4.69) is 20.1 Å². The number of aliphatic hydroxyl groups is 1. The first-order valence-corrected chi connectivity index (χ1v) is 8.23. The van der Waals surface area contributed by atoms with Crippen LogP contribution in [0.1, 0.15) is 41.6 Å². The molecular weight excluding hydrogens is 348 g/mol. The minimum absolute atomic E-state index is 0.0511. The molecule has 2 aliphatic rings. The maximum atomic E-state index is 12.8. The molecule has 0 saturated heterocycles. The highest BCUT2D eigenvalue weighted by Crippen LogP contribution is 2.49. The van der Waals surface area contributed by atoms with Gasteiger partial charge in [0.05, 0.1) is 31.4 Å². The van der Waals surface area contributed by atoms with Crippen LogP contribution in [-0.4, -0.2) is 47.6 Å². The highest BCUT2D eigenvalue weighted by atomic mass is 19.3. The van der Waals surface area contributed by atoms with E-state index < -0.39 is 18.6 Å². The van der Waals surface area contributed by atoms with Gasteiger partial charge in [0.2, 0.25) is 0 Å². The molecule has 1 aromatic heterocycles. The van der Waals surface area contributed by atoms with Crippen LogP contribution in [0.5, 0.6) is 11.5 Å². The number of halogens is 2. The first-order chi connectivity index (χ1) is 12.6. The Kier molecular flexibility index (Phi) is 4.31. The van der Waals surface area contributed by atoms with Gasteiger partial charge in [0.25, 0.3) is 0 Å². The van der Waals surface area contributed by atoms with Crippen LogP contribution in [-0.2, 0) is 0 Å². The molecular formula is C17H17F2N3O4. The molecule has 0 radical (unpaired) electrons. The second-order valence-corrected chi connectivity index (χ2v) is 6.37. The minimum atomic E-state index is -2.97. The number of aromatic nitrogens is 2. The van der Waals surface area contributed by atoms with Crippen molar-refractivity contribution in [2.24, 2.45) is 4.99 Å². The molecule has 1 fully saturated rings. The summed E-state index contributed by atoms with van der Waals surface area (Å²) in [6, 6.07) is 3.05. The molecule has 4 atom stereocenters. The number of methoxy groups -OCH3 is 1. The Morgan fingerprint density at radius 2 is 2.08 bits per heavy atom. The van der Waals surface area contributed by atoms with Crippen molar-refractivity contribution in [1.29, 1.82) is 0 Å². The van der Waals surface area contributed by atoms with Crippen molar-refractivity contribution in [3.05, 3.63) is 35.2 Å². The lowest BCUT2D eigenvalue weighted by atomic mass is 9.68. The van der Waals surface area contributed by atoms with E-state index in [0.717, 1.165) is 11.1 Å². The van der Waals surface area contributed by atoms with Crippen molar-refractivity contribution in [3.63, 3.8) is 0 Å². The van der Waals surface area contributed by atoms with E-state index >= 15 is 0 Å². The van der Waals surface area contributed by atoms with E-state index in [4.69, 9.17) is 9.26 Å².